The topological polar surface area (TPSA) is 46.6 Å². The molecule has 1 aliphatic rings. The Bertz CT molecular complexity index is 821. The van der Waals surface area contributed by atoms with Gasteiger partial charge in [0, 0.05) is 11.6 Å². The Labute approximate surface area is 154 Å². The van der Waals surface area contributed by atoms with Crippen LogP contribution in [0.25, 0.3) is 0 Å². The largest absolute Gasteiger partial charge is 0.497 e. The summed E-state index contributed by atoms with van der Waals surface area (Å²) >= 11 is 6.37. The van der Waals surface area contributed by atoms with Gasteiger partial charge in [0.2, 0.25) is 10.0 Å². The summed E-state index contributed by atoms with van der Waals surface area (Å²) in [5, 5.41) is 0.615. The minimum absolute atomic E-state index is 0.233. The van der Waals surface area contributed by atoms with Crippen molar-refractivity contribution in [2.24, 2.45) is 0 Å². The fraction of sp³-hybridized carbons (Fsp3) is 0.368. The SMILES string of the molecule is COc1ccc(S(=O)(=O)N2CCCCC[C@H]2c2ccccc2Cl)cc1. The summed E-state index contributed by atoms with van der Waals surface area (Å²) in [5.41, 5.74) is 0.878. The van der Waals surface area contributed by atoms with Crippen molar-refractivity contribution in [3.63, 3.8) is 0 Å². The van der Waals surface area contributed by atoms with Gasteiger partial charge in [0.05, 0.1) is 18.0 Å². The van der Waals surface area contributed by atoms with E-state index < -0.39 is 10.0 Å². The van der Waals surface area contributed by atoms with Gasteiger partial charge in [-0.1, -0.05) is 42.6 Å². The molecule has 3 rings (SSSR count). The van der Waals surface area contributed by atoms with Crippen molar-refractivity contribution in [3.8, 4) is 5.75 Å². The standard InChI is InChI=1S/C19H22ClNO3S/c1-24-15-10-12-16(13-11-15)25(22,23)21-14-6-2-3-9-19(21)17-7-4-5-8-18(17)20/h4-5,7-8,10-13,19H,2-3,6,9,14H2,1H3/t19-/m0/s1. The Balaban J connectivity index is 2.01. The highest BCUT2D eigenvalue weighted by Crippen LogP contribution is 2.37. The second-order valence-corrected chi connectivity index (χ2v) is 8.48. The van der Waals surface area contributed by atoms with E-state index in [0.29, 0.717) is 17.3 Å². The molecule has 1 fully saturated rings. The van der Waals surface area contributed by atoms with Gasteiger partial charge in [-0.25, -0.2) is 8.42 Å². The van der Waals surface area contributed by atoms with Crippen molar-refractivity contribution < 1.29 is 13.2 Å². The fourth-order valence-corrected chi connectivity index (χ4v) is 5.24. The number of hydrogen-bond donors (Lipinski definition) is 0. The molecular weight excluding hydrogens is 358 g/mol. The first-order chi connectivity index (χ1) is 12.0. The molecule has 1 atom stereocenters. The third kappa shape index (κ3) is 3.84. The third-order valence-corrected chi connectivity index (χ3v) is 6.90. The number of halogens is 1. The Morgan fingerprint density at radius 2 is 1.76 bits per heavy atom. The lowest BCUT2D eigenvalue weighted by atomic mass is 10.0. The van der Waals surface area contributed by atoms with E-state index in [2.05, 4.69) is 0 Å². The van der Waals surface area contributed by atoms with Crippen LogP contribution in [0, 0.1) is 0 Å². The van der Waals surface area contributed by atoms with Gasteiger partial charge < -0.3 is 4.74 Å². The van der Waals surface area contributed by atoms with Gasteiger partial charge in [-0.2, -0.15) is 4.31 Å². The van der Waals surface area contributed by atoms with Gasteiger partial charge in [-0.3, -0.25) is 0 Å². The maximum absolute atomic E-state index is 13.3. The van der Waals surface area contributed by atoms with Crippen LogP contribution in [0.5, 0.6) is 5.75 Å². The molecule has 2 aromatic carbocycles. The molecular formula is C19H22ClNO3S. The molecule has 2 aromatic rings. The molecule has 1 aliphatic heterocycles. The maximum Gasteiger partial charge on any atom is 0.243 e. The van der Waals surface area contributed by atoms with Gasteiger partial charge in [-0.05, 0) is 48.7 Å². The third-order valence-electron chi connectivity index (χ3n) is 4.63. The summed E-state index contributed by atoms with van der Waals surface area (Å²) in [4.78, 5) is 0.284. The van der Waals surface area contributed by atoms with Crippen LogP contribution >= 0.6 is 11.6 Å². The minimum Gasteiger partial charge on any atom is -0.497 e. The van der Waals surface area contributed by atoms with Crippen LogP contribution in [-0.4, -0.2) is 26.4 Å². The molecule has 0 radical (unpaired) electrons. The molecule has 6 heteroatoms. The first-order valence-corrected chi connectivity index (χ1v) is 10.3. The lowest BCUT2D eigenvalue weighted by Gasteiger charge is -2.30. The summed E-state index contributed by atoms with van der Waals surface area (Å²) in [6, 6.07) is 13.8. The highest BCUT2D eigenvalue weighted by molar-refractivity contribution is 7.89. The number of hydrogen-bond acceptors (Lipinski definition) is 3. The van der Waals surface area contributed by atoms with E-state index in [0.717, 1.165) is 31.2 Å². The van der Waals surface area contributed by atoms with Crippen molar-refractivity contribution in [1.82, 2.24) is 4.31 Å². The van der Waals surface area contributed by atoms with E-state index in [1.54, 1.807) is 35.7 Å². The highest BCUT2D eigenvalue weighted by atomic mass is 35.5. The summed E-state index contributed by atoms with van der Waals surface area (Å²) < 4.78 is 33.3. The molecule has 0 amide bonds. The average molecular weight is 380 g/mol. The van der Waals surface area contributed by atoms with Crippen LogP contribution < -0.4 is 4.74 Å². The van der Waals surface area contributed by atoms with Crippen molar-refractivity contribution in [1.29, 1.82) is 0 Å². The smallest absolute Gasteiger partial charge is 0.243 e. The lowest BCUT2D eigenvalue weighted by molar-refractivity contribution is 0.329. The van der Waals surface area contributed by atoms with Gasteiger partial charge in [-0.15, -0.1) is 0 Å². The normalized spacial score (nSPS) is 19.4. The van der Waals surface area contributed by atoms with E-state index in [4.69, 9.17) is 16.3 Å². The first kappa shape index (κ1) is 18.2. The number of rotatable bonds is 4. The molecule has 1 saturated heterocycles. The summed E-state index contributed by atoms with van der Waals surface area (Å²) in [5.74, 6) is 0.637. The molecule has 0 spiro atoms. The molecule has 0 unspecified atom stereocenters. The molecule has 25 heavy (non-hydrogen) atoms. The molecule has 134 valence electrons. The molecule has 0 saturated carbocycles. The van der Waals surface area contributed by atoms with Crippen molar-refractivity contribution in [2.45, 2.75) is 36.6 Å². The maximum atomic E-state index is 13.3. The Morgan fingerprint density at radius 3 is 2.44 bits per heavy atom. The number of benzene rings is 2. The zero-order valence-electron chi connectivity index (χ0n) is 14.2. The quantitative estimate of drug-likeness (QED) is 0.776. The molecule has 0 N–H and O–H groups in total. The second kappa shape index (κ2) is 7.77. The monoisotopic (exact) mass is 379 g/mol. The minimum atomic E-state index is -3.61. The molecule has 4 nitrogen and oxygen atoms in total. The first-order valence-electron chi connectivity index (χ1n) is 8.44. The zero-order valence-corrected chi connectivity index (χ0v) is 15.8. The van der Waals surface area contributed by atoms with Crippen molar-refractivity contribution >= 4 is 21.6 Å². The van der Waals surface area contributed by atoms with Crippen LogP contribution in [0.15, 0.2) is 53.4 Å². The fourth-order valence-electron chi connectivity index (χ4n) is 3.31. The summed E-state index contributed by atoms with van der Waals surface area (Å²) in [7, 11) is -2.04. The molecule has 0 bridgehead atoms. The van der Waals surface area contributed by atoms with Gasteiger partial charge in [0.25, 0.3) is 0 Å². The van der Waals surface area contributed by atoms with Gasteiger partial charge in [0.15, 0.2) is 0 Å². The molecule has 1 heterocycles. The molecule has 0 aromatic heterocycles. The van der Waals surface area contributed by atoms with E-state index in [-0.39, 0.29) is 10.9 Å². The van der Waals surface area contributed by atoms with Gasteiger partial charge >= 0.3 is 0 Å². The Morgan fingerprint density at radius 1 is 1.04 bits per heavy atom. The zero-order chi connectivity index (χ0) is 17.9. The number of nitrogens with zero attached hydrogens (tertiary/aromatic N) is 1. The van der Waals surface area contributed by atoms with Crippen LogP contribution in [0.3, 0.4) is 0 Å². The summed E-state index contributed by atoms with van der Waals surface area (Å²) in [6.45, 7) is 0.504. The van der Waals surface area contributed by atoms with Gasteiger partial charge in [0.1, 0.15) is 5.75 Å². The summed E-state index contributed by atoms with van der Waals surface area (Å²) in [6.07, 6.45) is 3.65. The van der Waals surface area contributed by atoms with Crippen LogP contribution in [0.4, 0.5) is 0 Å². The predicted molar refractivity (Wildman–Crippen MR) is 99.5 cm³/mol. The van der Waals surface area contributed by atoms with E-state index in [9.17, 15) is 8.42 Å². The van der Waals surface area contributed by atoms with Crippen LogP contribution in [-0.2, 0) is 10.0 Å². The van der Waals surface area contributed by atoms with E-state index >= 15 is 0 Å². The average Bonchev–Trinajstić information content (AvgIpc) is 2.88. The highest BCUT2D eigenvalue weighted by Gasteiger charge is 2.34. The Hall–Kier alpha value is -1.56. The van der Waals surface area contributed by atoms with Crippen molar-refractivity contribution in [2.75, 3.05) is 13.7 Å². The van der Waals surface area contributed by atoms with E-state index in [1.807, 2.05) is 24.3 Å². The lowest BCUT2D eigenvalue weighted by Crippen LogP contribution is -2.35. The predicted octanol–water partition coefficient (Wildman–Crippen LogP) is 4.65. The number of methoxy groups -OCH3 is 1. The van der Waals surface area contributed by atoms with Crippen LogP contribution in [0.2, 0.25) is 5.02 Å². The van der Waals surface area contributed by atoms with Crippen molar-refractivity contribution in [3.05, 3.63) is 59.1 Å². The molecule has 0 aliphatic carbocycles. The number of sulfonamides is 1. The second-order valence-electron chi connectivity index (χ2n) is 6.18. The van der Waals surface area contributed by atoms with E-state index in [1.165, 1.54) is 0 Å². The number of ether oxygens (including phenoxy) is 1. The van der Waals surface area contributed by atoms with Crippen LogP contribution in [0.1, 0.15) is 37.3 Å². The Kier molecular flexibility index (Phi) is 5.67.